The molecule has 1 aromatic rings. The van der Waals surface area contributed by atoms with Crippen molar-refractivity contribution in [3.05, 3.63) is 33.9 Å². The normalized spacial score (nSPS) is 15.8. The van der Waals surface area contributed by atoms with Gasteiger partial charge in [0.15, 0.2) is 0 Å². The van der Waals surface area contributed by atoms with Crippen molar-refractivity contribution >= 4 is 11.4 Å². The molecular formula is C13H15N3O2. The van der Waals surface area contributed by atoms with E-state index in [1.807, 2.05) is 6.07 Å². The van der Waals surface area contributed by atoms with Crippen molar-refractivity contribution in [3.63, 3.8) is 0 Å². The summed E-state index contributed by atoms with van der Waals surface area (Å²) >= 11 is 0. The topological polar surface area (TPSA) is 79.0 Å². The molecule has 2 rings (SSSR count). The van der Waals surface area contributed by atoms with Crippen LogP contribution < -0.4 is 5.32 Å². The molecule has 1 aliphatic carbocycles. The van der Waals surface area contributed by atoms with Crippen molar-refractivity contribution in [1.29, 1.82) is 5.26 Å². The Morgan fingerprint density at radius 2 is 2.33 bits per heavy atom. The summed E-state index contributed by atoms with van der Waals surface area (Å²) < 4.78 is 0. The van der Waals surface area contributed by atoms with Crippen LogP contribution in [0.15, 0.2) is 18.2 Å². The molecule has 18 heavy (non-hydrogen) atoms. The van der Waals surface area contributed by atoms with Gasteiger partial charge in [-0.1, -0.05) is 6.92 Å². The summed E-state index contributed by atoms with van der Waals surface area (Å²) in [4.78, 5) is 10.5. The molecule has 1 atom stereocenters. The Morgan fingerprint density at radius 1 is 1.61 bits per heavy atom. The molecule has 1 aliphatic rings. The second kappa shape index (κ2) is 5.05. The van der Waals surface area contributed by atoms with E-state index in [1.54, 1.807) is 12.1 Å². The first-order chi connectivity index (χ1) is 8.61. The second-order valence-electron chi connectivity index (χ2n) is 4.80. The molecule has 0 bridgehead atoms. The second-order valence-corrected chi connectivity index (χ2v) is 4.80. The van der Waals surface area contributed by atoms with E-state index >= 15 is 0 Å². The smallest absolute Gasteiger partial charge is 0.293 e. The van der Waals surface area contributed by atoms with E-state index in [-0.39, 0.29) is 5.69 Å². The lowest BCUT2D eigenvalue weighted by Gasteiger charge is -2.12. The number of nitriles is 1. The molecule has 1 saturated carbocycles. The van der Waals surface area contributed by atoms with Crippen LogP contribution in [0.25, 0.3) is 0 Å². The van der Waals surface area contributed by atoms with Gasteiger partial charge in [-0.25, -0.2) is 0 Å². The van der Waals surface area contributed by atoms with Crippen LogP contribution in [0, 0.1) is 33.3 Å². The molecular weight excluding hydrogens is 230 g/mol. The monoisotopic (exact) mass is 245 g/mol. The lowest BCUT2D eigenvalue weighted by molar-refractivity contribution is -0.384. The van der Waals surface area contributed by atoms with Crippen molar-refractivity contribution in [3.8, 4) is 6.07 Å². The number of nitro benzene ring substituents is 1. The van der Waals surface area contributed by atoms with Crippen molar-refractivity contribution in [2.75, 3.05) is 11.9 Å². The summed E-state index contributed by atoms with van der Waals surface area (Å²) in [7, 11) is 0. The molecule has 94 valence electrons. The van der Waals surface area contributed by atoms with Crippen molar-refractivity contribution in [2.45, 2.75) is 19.8 Å². The Hall–Kier alpha value is -2.09. The van der Waals surface area contributed by atoms with Gasteiger partial charge in [0.1, 0.15) is 5.69 Å². The van der Waals surface area contributed by atoms with Crippen LogP contribution in [0.1, 0.15) is 25.3 Å². The molecule has 1 fully saturated rings. The third-order valence-electron chi connectivity index (χ3n) is 3.36. The fourth-order valence-corrected chi connectivity index (χ4v) is 2.00. The predicted molar refractivity (Wildman–Crippen MR) is 68.2 cm³/mol. The Morgan fingerprint density at radius 3 is 2.89 bits per heavy atom. The highest BCUT2D eigenvalue weighted by Gasteiger charge is 2.28. The summed E-state index contributed by atoms with van der Waals surface area (Å²) in [6.07, 6.45) is 2.52. The molecule has 0 amide bonds. The van der Waals surface area contributed by atoms with Crippen LogP contribution >= 0.6 is 0 Å². The first-order valence-corrected chi connectivity index (χ1v) is 6.04. The van der Waals surface area contributed by atoms with Crippen LogP contribution in [0.4, 0.5) is 11.4 Å². The van der Waals surface area contributed by atoms with Gasteiger partial charge in [-0.3, -0.25) is 10.1 Å². The zero-order valence-electron chi connectivity index (χ0n) is 10.2. The van der Waals surface area contributed by atoms with Gasteiger partial charge in [0.05, 0.1) is 16.6 Å². The van der Waals surface area contributed by atoms with E-state index in [0.29, 0.717) is 17.2 Å². The van der Waals surface area contributed by atoms with E-state index in [4.69, 9.17) is 5.26 Å². The molecule has 5 heteroatoms. The maximum Gasteiger partial charge on any atom is 0.293 e. The highest BCUT2D eigenvalue weighted by molar-refractivity contribution is 5.64. The third kappa shape index (κ3) is 2.77. The molecule has 1 N–H and O–H groups in total. The molecule has 1 aromatic carbocycles. The highest BCUT2D eigenvalue weighted by Crippen LogP contribution is 2.37. The van der Waals surface area contributed by atoms with E-state index in [2.05, 4.69) is 12.2 Å². The number of nitrogens with zero attached hydrogens (tertiary/aromatic N) is 2. The van der Waals surface area contributed by atoms with E-state index < -0.39 is 4.92 Å². The van der Waals surface area contributed by atoms with Gasteiger partial charge in [0.2, 0.25) is 0 Å². The van der Waals surface area contributed by atoms with Gasteiger partial charge < -0.3 is 5.32 Å². The van der Waals surface area contributed by atoms with Crippen LogP contribution in [-0.4, -0.2) is 11.5 Å². The van der Waals surface area contributed by atoms with Crippen LogP contribution in [0.5, 0.6) is 0 Å². The average molecular weight is 245 g/mol. The maximum absolute atomic E-state index is 10.9. The summed E-state index contributed by atoms with van der Waals surface area (Å²) in [6.45, 7) is 2.89. The van der Waals surface area contributed by atoms with Crippen molar-refractivity contribution in [2.24, 2.45) is 11.8 Å². The third-order valence-corrected chi connectivity index (χ3v) is 3.36. The number of hydrogen-bond donors (Lipinski definition) is 1. The number of nitrogens with one attached hydrogen (secondary N) is 1. The zero-order chi connectivity index (χ0) is 13.1. The summed E-state index contributed by atoms with van der Waals surface area (Å²) in [5.74, 6) is 1.29. The van der Waals surface area contributed by atoms with Gasteiger partial charge >= 0.3 is 0 Å². The predicted octanol–water partition coefficient (Wildman–Crippen LogP) is 2.92. The number of nitro groups is 1. The Bertz CT molecular complexity index is 503. The zero-order valence-corrected chi connectivity index (χ0v) is 10.2. The summed E-state index contributed by atoms with van der Waals surface area (Å²) in [5.41, 5.74) is 0.769. The molecule has 0 spiro atoms. The highest BCUT2D eigenvalue weighted by atomic mass is 16.6. The number of rotatable bonds is 5. The van der Waals surface area contributed by atoms with Crippen molar-refractivity contribution in [1.82, 2.24) is 0 Å². The molecule has 0 saturated heterocycles. The SMILES string of the molecule is CC(CNc1ccc(C#N)cc1[N+](=O)[O-])C1CC1. The number of benzene rings is 1. The minimum atomic E-state index is -0.453. The van der Waals surface area contributed by atoms with Crippen LogP contribution in [0.3, 0.4) is 0 Å². The fraction of sp³-hybridized carbons (Fsp3) is 0.462. The minimum Gasteiger partial charge on any atom is -0.379 e. The van der Waals surface area contributed by atoms with Crippen LogP contribution in [0.2, 0.25) is 0 Å². The molecule has 5 nitrogen and oxygen atoms in total. The van der Waals surface area contributed by atoms with Gasteiger partial charge in [-0.15, -0.1) is 0 Å². The van der Waals surface area contributed by atoms with E-state index in [0.717, 1.165) is 12.5 Å². The minimum absolute atomic E-state index is 0.0305. The van der Waals surface area contributed by atoms with Gasteiger partial charge in [0, 0.05) is 12.6 Å². The molecule has 1 unspecified atom stereocenters. The number of hydrogen-bond acceptors (Lipinski definition) is 4. The standard InChI is InChI=1S/C13H15N3O2/c1-9(11-3-4-11)8-15-12-5-2-10(7-14)6-13(12)16(17)18/h2,5-6,9,11,15H,3-4,8H2,1H3. The summed E-state index contributed by atoms with van der Waals surface area (Å²) in [6, 6.07) is 6.42. The van der Waals surface area contributed by atoms with Gasteiger partial charge in [0.25, 0.3) is 5.69 Å². The maximum atomic E-state index is 10.9. The summed E-state index contributed by atoms with van der Waals surface area (Å²) in [5, 5.41) is 22.8. The molecule has 0 aromatic heterocycles. The lowest BCUT2D eigenvalue weighted by atomic mass is 10.1. The Kier molecular flexibility index (Phi) is 3.47. The van der Waals surface area contributed by atoms with Gasteiger partial charge in [-0.05, 0) is 36.8 Å². The average Bonchev–Trinajstić information content (AvgIpc) is 3.19. The first-order valence-electron chi connectivity index (χ1n) is 6.04. The first kappa shape index (κ1) is 12.4. The number of anilines is 1. The molecule has 0 radical (unpaired) electrons. The van der Waals surface area contributed by atoms with E-state index in [9.17, 15) is 10.1 Å². The largest absolute Gasteiger partial charge is 0.379 e. The Labute approximate surface area is 106 Å². The molecule has 0 heterocycles. The quantitative estimate of drug-likeness (QED) is 0.639. The lowest BCUT2D eigenvalue weighted by Crippen LogP contribution is -2.13. The van der Waals surface area contributed by atoms with E-state index in [1.165, 1.54) is 18.9 Å². The van der Waals surface area contributed by atoms with Crippen LogP contribution in [-0.2, 0) is 0 Å². The fourth-order valence-electron chi connectivity index (χ4n) is 2.00. The Balaban J connectivity index is 2.11. The van der Waals surface area contributed by atoms with Gasteiger partial charge in [-0.2, -0.15) is 5.26 Å². The molecule has 0 aliphatic heterocycles. The van der Waals surface area contributed by atoms with Crippen molar-refractivity contribution < 1.29 is 4.92 Å².